The molecule has 1 aromatic carbocycles. The minimum absolute atomic E-state index is 0.145. The van der Waals surface area contributed by atoms with E-state index in [4.69, 9.17) is 4.74 Å². The molecule has 0 aromatic heterocycles. The zero-order valence-corrected chi connectivity index (χ0v) is 20.5. The predicted molar refractivity (Wildman–Crippen MR) is 128 cm³/mol. The fourth-order valence-corrected chi connectivity index (χ4v) is 5.36. The molecular weight excluding hydrogens is 400 g/mol. The summed E-state index contributed by atoms with van der Waals surface area (Å²) in [4.78, 5) is 28.9. The minimum atomic E-state index is -0.500. The van der Waals surface area contributed by atoms with Gasteiger partial charge < -0.3 is 10.1 Å². The molecule has 0 spiro atoms. The molecule has 1 saturated carbocycles. The van der Waals surface area contributed by atoms with Gasteiger partial charge in [-0.25, -0.2) is 0 Å². The van der Waals surface area contributed by atoms with Crippen LogP contribution in [0.15, 0.2) is 30.3 Å². The molecule has 3 rings (SSSR count). The quantitative estimate of drug-likeness (QED) is 0.542. The number of esters is 1. The van der Waals surface area contributed by atoms with Crippen molar-refractivity contribution in [2.75, 3.05) is 13.1 Å². The summed E-state index contributed by atoms with van der Waals surface area (Å²) in [6.07, 6.45) is 7.17. The monoisotopic (exact) mass is 442 g/mol. The van der Waals surface area contributed by atoms with E-state index in [9.17, 15) is 9.59 Å². The lowest BCUT2D eigenvalue weighted by molar-refractivity contribution is -0.162. The summed E-state index contributed by atoms with van der Waals surface area (Å²) in [5, 5.41) is 3.38. The maximum absolute atomic E-state index is 13.6. The SMILES string of the molecule is CCCC(CC1(C(=O)N[C@@H]2CCN(Cc3ccccc3)C2)CCCC1)C(=O)OC(C)(C)C. The number of carbonyl (C=O) groups is 2. The molecule has 0 radical (unpaired) electrons. The largest absolute Gasteiger partial charge is 0.460 e. The molecule has 1 aliphatic heterocycles. The van der Waals surface area contributed by atoms with Gasteiger partial charge in [0.25, 0.3) is 0 Å². The first-order valence-electron chi connectivity index (χ1n) is 12.5. The highest BCUT2D eigenvalue weighted by Crippen LogP contribution is 2.45. The summed E-state index contributed by atoms with van der Waals surface area (Å²) in [6.45, 7) is 10.6. The van der Waals surface area contributed by atoms with E-state index in [1.54, 1.807) is 0 Å². The second-order valence-electron chi connectivity index (χ2n) is 10.9. The summed E-state index contributed by atoms with van der Waals surface area (Å²) < 4.78 is 5.71. The Morgan fingerprint density at radius 2 is 1.88 bits per heavy atom. The highest BCUT2D eigenvalue weighted by atomic mass is 16.6. The molecule has 178 valence electrons. The first-order valence-corrected chi connectivity index (χ1v) is 12.5. The van der Waals surface area contributed by atoms with E-state index < -0.39 is 11.0 Å². The lowest BCUT2D eigenvalue weighted by atomic mass is 9.75. The number of likely N-dealkylation sites (tertiary alicyclic amines) is 1. The standard InChI is InChI=1S/C27H42N2O3/c1-5-11-22(24(30)32-26(2,3)4)18-27(15-9-10-16-27)25(31)28-23-14-17-29(20-23)19-21-12-7-6-8-13-21/h6-8,12-13,22-23H,5,9-11,14-20H2,1-4H3,(H,28,31)/t22?,23-/m1/s1. The molecule has 5 nitrogen and oxygen atoms in total. The van der Waals surface area contributed by atoms with Crippen molar-refractivity contribution in [3.8, 4) is 0 Å². The molecule has 1 heterocycles. The van der Waals surface area contributed by atoms with E-state index in [-0.39, 0.29) is 23.8 Å². The Bertz CT molecular complexity index is 750. The minimum Gasteiger partial charge on any atom is -0.460 e. The van der Waals surface area contributed by atoms with Gasteiger partial charge in [-0.15, -0.1) is 0 Å². The summed E-state index contributed by atoms with van der Waals surface area (Å²) >= 11 is 0. The zero-order chi connectivity index (χ0) is 23.2. The Balaban J connectivity index is 1.61. The number of amides is 1. The van der Waals surface area contributed by atoms with Crippen molar-refractivity contribution in [1.82, 2.24) is 10.2 Å². The van der Waals surface area contributed by atoms with Gasteiger partial charge in [0.1, 0.15) is 5.60 Å². The third-order valence-electron chi connectivity index (χ3n) is 6.91. The Labute approximate surface area is 194 Å². The molecule has 32 heavy (non-hydrogen) atoms. The molecule has 2 atom stereocenters. The number of benzene rings is 1. The number of nitrogens with one attached hydrogen (secondary N) is 1. The van der Waals surface area contributed by atoms with Crippen LogP contribution in [0.25, 0.3) is 0 Å². The van der Waals surface area contributed by atoms with Crippen LogP contribution >= 0.6 is 0 Å². The number of carbonyl (C=O) groups excluding carboxylic acids is 2. The summed E-state index contributed by atoms with van der Waals surface area (Å²) in [6, 6.07) is 10.7. The van der Waals surface area contributed by atoms with Crippen molar-refractivity contribution < 1.29 is 14.3 Å². The normalized spacial score (nSPS) is 21.9. The highest BCUT2D eigenvalue weighted by molar-refractivity contribution is 5.84. The fraction of sp³-hybridized carbons (Fsp3) is 0.704. The van der Waals surface area contributed by atoms with Crippen LogP contribution in [0.5, 0.6) is 0 Å². The molecule has 0 bridgehead atoms. The zero-order valence-electron chi connectivity index (χ0n) is 20.5. The second kappa shape index (κ2) is 10.8. The van der Waals surface area contributed by atoms with E-state index in [0.717, 1.165) is 64.6 Å². The molecule has 1 unspecified atom stereocenters. The number of ether oxygens (including phenoxy) is 1. The van der Waals surface area contributed by atoms with Crippen LogP contribution in [0.4, 0.5) is 0 Å². The van der Waals surface area contributed by atoms with E-state index in [2.05, 4.69) is 41.4 Å². The third-order valence-corrected chi connectivity index (χ3v) is 6.91. The maximum atomic E-state index is 13.6. The average molecular weight is 443 g/mol. The van der Waals surface area contributed by atoms with Crippen LogP contribution in [0.3, 0.4) is 0 Å². The molecule has 1 amide bonds. The molecule has 1 N–H and O–H groups in total. The first-order chi connectivity index (χ1) is 15.2. The topological polar surface area (TPSA) is 58.6 Å². The molecule has 5 heteroatoms. The third kappa shape index (κ3) is 6.81. The molecule has 1 aliphatic carbocycles. The van der Waals surface area contributed by atoms with Crippen LogP contribution in [0.1, 0.15) is 84.6 Å². The Kier molecular flexibility index (Phi) is 8.37. The molecule has 2 fully saturated rings. The summed E-state index contributed by atoms with van der Waals surface area (Å²) in [7, 11) is 0. The number of rotatable bonds is 9. The summed E-state index contributed by atoms with van der Waals surface area (Å²) in [5.41, 5.74) is 0.385. The van der Waals surface area contributed by atoms with E-state index in [1.807, 2.05) is 26.8 Å². The Hall–Kier alpha value is -1.88. The van der Waals surface area contributed by atoms with E-state index in [0.29, 0.717) is 6.42 Å². The van der Waals surface area contributed by atoms with Gasteiger partial charge in [0.15, 0.2) is 0 Å². The predicted octanol–water partition coefficient (Wildman–Crippen LogP) is 5.09. The first kappa shape index (κ1) is 24.8. The summed E-state index contributed by atoms with van der Waals surface area (Å²) in [5.74, 6) is -0.194. The van der Waals surface area contributed by atoms with Gasteiger partial charge in [-0.1, -0.05) is 56.5 Å². The van der Waals surface area contributed by atoms with Crippen molar-refractivity contribution in [3.05, 3.63) is 35.9 Å². The maximum Gasteiger partial charge on any atom is 0.309 e. The van der Waals surface area contributed by atoms with Crippen molar-refractivity contribution in [2.45, 2.75) is 97.2 Å². The van der Waals surface area contributed by atoms with Crippen molar-refractivity contribution >= 4 is 11.9 Å². The van der Waals surface area contributed by atoms with Gasteiger partial charge >= 0.3 is 5.97 Å². The second-order valence-corrected chi connectivity index (χ2v) is 10.9. The Morgan fingerprint density at radius 1 is 1.19 bits per heavy atom. The van der Waals surface area contributed by atoms with E-state index >= 15 is 0 Å². The Morgan fingerprint density at radius 3 is 2.50 bits per heavy atom. The fourth-order valence-electron chi connectivity index (χ4n) is 5.36. The molecule has 1 saturated heterocycles. The van der Waals surface area contributed by atoms with E-state index in [1.165, 1.54) is 5.56 Å². The van der Waals surface area contributed by atoms with Gasteiger partial charge in [-0.3, -0.25) is 14.5 Å². The van der Waals surface area contributed by atoms with Gasteiger partial charge in [-0.2, -0.15) is 0 Å². The van der Waals surface area contributed by atoms with Crippen LogP contribution < -0.4 is 5.32 Å². The van der Waals surface area contributed by atoms with Gasteiger partial charge in [0.05, 0.1) is 11.3 Å². The van der Waals surface area contributed by atoms with Crippen molar-refractivity contribution in [1.29, 1.82) is 0 Å². The number of hydrogen-bond acceptors (Lipinski definition) is 4. The molecule has 2 aliphatic rings. The number of nitrogens with zero attached hydrogens (tertiary/aromatic N) is 1. The lowest BCUT2D eigenvalue weighted by Crippen LogP contribution is -2.47. The van der Waals surface area contributed by atoms with Crippen molar-refractivity contribution in [2.24, 2.45) is 11.3 Å². The van der Waals surface area contributed by atoms with Gasteiger partial charge in [-0.05, 0) is 58.4 Å². The van der Waals surface area contributed by atoms with Crippen LogP contribution in [0.2, 0.25) is 0 Å². The van der Waals surface area contributed by atoms with Crippen molar-refractivity contribution in [3.63, 3.8) is 0 Å². The van der Waals surface area contributed by atoms with Crippen LogP contribution in [-0.2, 0) is 20.9 Å². The van der Waals surface area contributed by atoms with Crippen LogP contribution in [0, 0.1) is 11.3 Å². The molecular formula is C27H42N2O3. The lowest BCUT2D eigenvalue weighted by Gasteiger charge is -2.33. The smallest absolute Gasteiger partial charge is 0.309 e. The number of hydrogen-bond donors (Lipinski definition) is 1. The highest BCUT2D eigenvalue weighted by Gasteiger charge is 2.45. The van der Waals surface area contributed by atoms with Gasteiger partial charge in [0.2, 0.25) is 5.91 Å². The van der Waals surface area contributed by atoms with Crippen LogP contribution in [-0.4, -0.2) is 41.5 Å². The average Bonchev–Trinajstić information content (AvgIpc) is 3.37. The van der Waals surface area contributed by atoms with Gasteiger partial charge in [0, 0.05) is 25.7 Å². The molecule has 1 aromatic rings.